The molecule has 0 aromatic heterocycles. The molecular weight excluding hydrogens is 450 g/mol. The molecule has 0 radical (unpaired) electrons. The van der Waals surface area contributed by atoms with E-state index < -0.39 is 23.9 Å². The van der Waals surface area contributed by atoms with Crippen LogP contribution in [0.1, 0.15) is 37.5 Å². The molecule has 0 fully saturated rings. The summed E-state index contributed by atoms with van der Waals surface area (Å²) in [4.78, 5) is 37.5. The minimum atomic E-state index is -1.13. The van der Waals surface area contributed by atoms with Crippen LogP contribution >= 0.6 is 0 Å². The quantitative estimate of drug-likeness (QED) is 0.260. The van der Waals surface area contributed by atoms with E-state index >= 15 is 0 Å². The Balaban J connectivity index is 1.98. The highest BCUT2D eigenvalue weighted by atomic mass is 16.5. The molecule has 4 amide bonds. The maximum atomic E-state index is 12.7. The number of carbonyl (C=O) groups excluding carboxylic acids is 2. The van der Waals surface area contributed by atoms with Crippen molar-refractivity contribution in [2.24, 2.45) is 5.92 Å². The van der Waals surface area contributed by atoms with Crippen LogP contribution in [0, 0.1) is 25.2 Å². The van der Waals surface area contributed by atoms with Crippen molar-refractivity contribution in [2.75, 3.05) is 12.0 Å². The number of hydrazine groups is 2. The topological polar surface area (TPSA) is 132 Å². The lowest BCUT2D eigenvalue weighted by Crippen LogP contribution is -2.54. The Hall–Kier alpha value is -4.23. The second-order valence-electron chi connectivity index (χ2n) is 8.18. The van der Waals surface area contributed by atoms with E-state index in [1.807, 2.05) is 26.8 Å². The average Bonchev–Trinajstić information content (AvgIpc) is 2.82. The van der Waals surface area contributed by atoms with Gasteiger partial charge in [0.2, 0.25) is 0 Å². The lowest BCUT2D eigenvalue weighted by molar-refractivity contribution is -0.141. The molecule has 0 saturated heterocycles. The van der Waals surface area contributed by atoms with E-state index in [9.17, 15) is 19.5 Å². The lowest BCUT2D eigenvalue weighted by atomic mass is 10.1. The number of nitrogens with zero attached hydrogens (tertiary/aromatic N) is 1. The van der Waals surface area contributed by atoms with Gasteiger partial charge in [0, 0.05) is 18.7 Å². The van der Waals surface area contributed by atoms with Crippen LogP contribution in [-0.4, -0.2) is 40.7 Å². The van der Waals surface area contributed by atoms with Crippen molar-refractivity contribution >= 4 is 23.7 Å². The number of imide groups is 1. The summed E-state index contributed by atoms with van der Waals surface area (Å²) in [7, 11) is 0. The molecule has 0 unspecified atom stereocenters. The van der Waals surface area contributed by atoms with Crippen LogP contribution in [-0.2, 0) is 11.3 Å². The zero-order chi connectivity index (χ0) is 26.0. The Labute approximate surface area is 205 Å². The molecule has 0 bridgehead atoms. The maximum Gasteiger partial charge on any atom is 0.341 e. The molecule has 2 rings (SSSR count). The van der Waals surface area contributed by atoms with E-state index in [-0.39, 0.29) is 19.2 Å². The second-order valence-corrected chi connectivity index (χ2v) is 8.18. The van der Waals surface area contributed by atoms with E-state index in [2.05, 4.69) is 27.6 Å². The molecule has 0 aliphatic rings. The summed E-state index contributed by atoms with van der Waals surface area (Å²) in [6, 6.07) is 10.8. The first kappa shape index (κ1) is 27.0. The molecule has 0 heterocycles. The number of aryl methyl sites for hydroxylation is 1. The Morgan fingerprint density at radius 2 is 1.77 bits per heavy atom. The largest absolute Gasteiger partial charge is 0.491 e. The summed E-state index contributed by atoms with van der Waals surface area (Å²) in [6.07, 6.45) is 5.38. The molecule has 10 heteroatoms. The van der Waals surface area contributed by atoms with E-state index in [1.165, 1.54) is 6.92 Å². The minimum absolute atomic E-state index is 0.0394. The number of rotatable bonds is 10. The maximum absolute atomic E-state index is 12.7. The van der Waals surface area contributed by atoms with Gasteiger partial charge in [-0.3, -0.25) is 10.2 Å². The van der Waals surface area contributed by atoms with Crippen LogP contribution in [0.25, 0.3) is 0 Å². The van der Waals surface area contributed by atoms with Crippen molar-refractivity contribution in [3.63, 3.8) is 0 Å². The number of anilines is 1. The fourth-order valence-corrected chi connectivity index (χ4v) is 2.94. The molecule has 186 valence electrons. The van der Waals surface area contributed by atoms with Gasteiger partial charge in [0.25, 0.3) is 0 Å². The van der Waals surface area contributed by atoms with E-state index in [1.54, 1.807) is 36.4 Å². The first-order valence-corrected chi connectivity index (χ1v) is 11.0. The smallest absolute Gasteiger partial charge is 0.341 e. The molecule has 0 aliphatic heterocycles. The van der Waals surface area contributed by atoms with Gasteiger partial charge in [-0.05, 0) is 62.2 Å². The monoisotopic (exact) mass is 481 g/mol. The molecule has 0 saturated carbocycles. The molecular formula is C25H31N5O5. The predicted octanol–water partition coefficient (Wildman–Crippen LogP) is 3.24. The molecule has 10 nitrogen and oxygen atoms in total. The Morgan fingerprint density at radius 1 is 1.09 bits per heavy atom. The highest BCUT2D eigenvalue weighted by Crippen LogP contribution is 2.22. The van der Waals surface area contributed by atoms with Gasteiger partial charge in [0.1, 0.15) is 5.75 Å². The van der Waals surface area contributed by atoms with Crippen molar-refractivity contribution < 1.29 is 24.2 Å². The second kappa shape index (κ2) is 12.9. The number of hydrogen-bond acceptors (Lipinski definition) is 6. The summed E-state index contributed by atoms with van der Waals surface area (Å²) in [6.45, 7) is 6.97. The van der Waals surface area contributed by atoms with Crippen LogP contribution in [0.2, 0.25) is 0 Å². The van der Waals surface area contributed by atoms with Gasteiger partial charge < -0.3 is 20.6 Å². The van der Waals surface area contributed by atoms with Gasteiger partial charge >= 0.3 is 18.0 Å². The summed E-state index contributed by atoms with van der Waals surface area (Å²) >= 11 is 0. The predicted molar refractivity (Wildman–Crippen MR) is 132 cm³/mol. The van der Waals surface area contributed by atoms with Crippen molar-refractivity contribution in [3.05, 3.63) is 59.2 Å². The Kier molecular flexibility index (Phi) is 9.93. The minimum Gasteiger partial charge on any atom is -0.491 e. The van der Waals surface area contributed by atoms with Crippen LogP contribution in [0.15, 0.2) is 42.5 Å². The highest BCUT2D eigenvalue weighted by molar-refractivity contribution is 5.93. The van der Waals surface area contributed by atoms with Crippen LogP contribution in [0.4, 0.5) is 15.3 Å². The summed E-state index contributed by atoms with van der Waals surface area (Å²) in [5.41, 5.74) is 10.7. The number of aliphatic carboxylic acids is 1. The first-order chi connectivity index (χ1) is 16.6. The average molecular weight is 482 g/mol. The third-order valence-corrected chi connectivity index (χ3v) is 4.85. The Morgan fingerprint density at radius 3 is 2.34 bits per heavy atom. The first-order valence-electron chi connectivity index (χ1n) is 11.0. The number of carbonyl (C=O) groups is 3. The molecule has 0 aliphatic carbocycles. The number of nitrogens with one attached hydrogen (secondary N) is 4. The van der Waals surface area contributed by atoms with Crippen molar-refractivity contribution in [1.29, 1.82) is 0 Å². The third-order valence-electron chi connectivity index (χ3n) is 4.85. The van der Waals surface area contributed by atoms with Gasteiger partial charge in [-0.1, -0.05) is 25.0 Å². The van der Waals surface area contributed by atoms with Gasteiger partial charge in [0.05, 0.1) is 17.7 Å². The number of terminal acetylenes is 1. The van der Waals surface area contributed by atoms with Crippen molar-refractivity contribution in [1.82, 2.24) is 21.2 Å². The highest BCUT2D eigenvalue weighted by Gasteiger charge is 2.26. The number of carboxylic acid groups (broad SMARTS) is 1. The molecule has 1 atom stereocenters. The number of urea groups is 2. The third kappa shape index (κ3) is 8.57. The molecule has 0 spiro atoms. The number of amides is 4. The fraction of sp³-hybridized carbons (Fsp3) is 0.320. The number of carboxylic acids is 1. The standard InChI is InChI=1S/C25H31N5O5/c1-6-19-7-9-20(10-8-19)14-26-24(33)30(15-18(5)23(31)32)25(34)28-29-27-21-11-12-22(17(4)13-21)35-16(2)3/h1,7-13,16,18,27,29H,14-15H2,2-5H3,(H,26,33)(H,28,34)(H,31,32)/t18-/m0/s1. The molecule has 5 N–H and O–H groups in total. The summed E-state index contributed by atoms with van der Waals surface area (Å²) in [5.74, 6) is 1.15. The molecule has 35 heavy (non-hydrogen) atoms. The summed E-state index contributed by atoms with van der Waals surface area (Å²) < 4.78 is 5.70. The fourth-order valence-electron chi connectivity index (χ4n) is 2.94. The lowest BCUT2D eigenvalue weighted by Gasteiger charge is -2.24. The van der Waals surface area contributed by atoms with E-state index in [0.29, 0.717) is 11.3 Å². The van der Waals surface area contributed by atoms with Crippen molar-refractivity contribution in [3.8, 4) is 18.1 Å². The van der Waals surface area contributed by atoms with Crippen LogP contribution in [0.5, 0.6) is 5.75 Å². The van der Waals surface area contributed by atoms with Gasteiger partial charge in [-0.15, -0.1) is 12.0 Å². The SMILES string of the molecule is C#Cc1ccc(CNC(=O)N(C[C@H](C)C(=O)O)C(=O)NNNc2ccc(OC(C)C)c(C)c2)cc1. The Bertz CT molecular complexity index is 1080. The summed E-state index contributed by atoms with van der Waals surface area (Å²) in [5, 5.41) is 11.9. The number of benzene rings is 2. The normalized spacial score (nSPS) is 11.2. The van der Waals surface area contributed by atoms with Gasteiger partial charge in [0.15, 0.2) is 0 Å². The van der Waals surface area contributed by atoms with Gasteiger partial charge in [-0.25, -0.2) is 14.5 Å². The number of ether oxygens (including phenoxy) is 1. The van der Waals surface area contributed by atoms with Crippen molar-refractivity contribution in [2.45, 2.75) is 40.3 Å². The zero-order valence-electron chi connectivity index (χ0n) is 20.2. The molecule has 2 aromatic carbocycles. The van der Waals surface area contributed by atoms with Gasteiger partial charge in [-0.2, -0.15) is 0 Å². The van der Waals surface area contributed by atoms with E-state index in [0.717, 1.165) is 21.8 Å². The van der Waals surface area contributed by atoms with Crippen LogP contribution in [0.3, 0.4) is 0 Å². The zero-order valence-corrected chi connectivity index (χ0v) is 20.2. The van der Waals surface area contributed by atoms with Crippen LogP contribution < -0.4 is 26.4 Å². The molecule has 2 aromatic rings. The van der Waals surface area contributed by atoms with E-state index in [4.69, 9.17) is 11.2 Å². The number of hydrogen-bond donors (Lipinski definition) is 5.